The number of rotatable bonds is 8. The number of carboxylic acid groups (broad SMARTS) is 1. The van der Waals surface area contributed by atoms with Crippen LogP contribution in [0.15, 0.2) is 40.9 Å². The van der Waals surface area contributed by atoms with Gasteiger partial charge in [-0.15, -0.1) is 0 Å². The molecule has 0 unspecified atom stereocenters. The molecular weight excluding hydrogens is 386 g/mol. The molecule has 0 fully saturated rings. The molecule has 0 spiro atoms. The summed E-state index contributed by atoms with van der Waals surface area (Å²) >= 11 is 0. The summed E-state index contributed by atoms with van der Waals surface area (Å²) in [6.45, 7) is 5.27. The SMILES string of the molecule is CCc1c(OCC(=O)O)cccc1-c1noc(-c2ccc(OC(C)C)c(C#N)c2)n1. The number of aliphatic carboxylic acids is 1. The van der Waals surface area contributed by atoms with Gasteiger partial charge in [0.15, 0.2) is 6.61 Å². The summed E-state index contributed by atoms with van der Waals surface area (Å²) in [6.07, 6.45) is 0.537. The minimum Gasteiger partial charge on any atom is -0.490 e. The fraction of sp³-hybridized carbons (Fsp3) is 0.273. The van der Waals surface area contributed by atoms with Gasteiger partial charge in [-0.25, -0.2) is 4.79 Å². The highest BCUT2D eigenvalue weighted by Crippen LogP contribution is 2.32. The van der Waals surface area contributed by atoms with Crippen molar-refractivity contribution in [3.05, 3.63) is 47.5 Å². The summed E-state index contributed by atoms with van der Waals surface area (Å²) in [5.41, 5.74) is 2.44. The highest BCUT2D eigenvalue weighted by Gasteiger charge is 2.18. The Morgan fingerprint density at radius 3 is 2.73 bits per heavy atom. The van der Waals surface area contributed by atoms with Crippen LogP contribution in [0, 0.1) is 11.3 Å². The van der Waals surface area contributed by atoms with E-state index >= 15 is 0 Å². The Bertz CT molecular complexity index is 1100. The van der Waals surface area contributed by atoms with Crippen LogP contribution in [-0.2, 0) is 11.2 Å². The number of hydrogen-bond acceptors (Lipinski definition) is 7. The van der Waals surface area contributed by atoms with Crippen LogP contribution in [0.2, 0.25) is 0 Å². The summed E-state index contributed by atoms with van der Waals surface area (Å²) < 4.78 is 16.4. The maximum Gasteiger partial charge on any atom is 0.341 e. The van der Waals surface area contributed by atoms with Gasteiger partial charge < -0.3 is 19.1 Å². The monoisotopic (exact) mass is 407 g/mol. The minimum atomic E-state index is -1.05. The molecule has 0 aliphatic carbocycles. The van der Waals surface area contributed by atoms with Crippen LogP contribution in [0.4, 0.5) is 0 Å². The Hall–Kier alpha value is -3.86. The van der Waals surface area contributed by atoms with Crippen LogP contribution in [0.3, 0.4) is 0 Å². The molecule has 2 aromatic carbocycles. The van der Waals surface area contributed by atoms with Gasteiger partial charge in [-0.05, 0) is 44.5 Å². The van der Waals surface area contributed by atoms with Crippen molar-refractivity contribution in [2.24, 2.45) is 0 Å². The molecule has 0 saturated heterocycles. The Kier molecular flexibility index (Phi) is 6.32. The molecule has 1 aromatic heterocycles. The van der Waals surface area contributed by atoms with Crippen molar-refractivity contribution in [2.45, 2.75) is 33.3 Å². The van der Waals surface area contributed by atoms with Gasteiger partial charge in [0.1, 0.15) is 17.6 Å². The third kappa shape index (κ3) is 4.58. The van der Waals surface area contributed by atoms with Crippen LogP contribution >= 0.6 is 0 Å². The van der Waals surface area contributed by atoms with Gasteiger partial charge in [0, 0.05) is 16.7 Å². The largest absolute Gasteiger partial charge is 0.490 e. The summed E-state index contributed by atoms with van der Waals surface area (Å²) in [6, 6.07) is 12.5. The zero-order valence-electron chi connectivity index (χ0n) is 16.9. The van der Waals surface area contributed by atoms with Crippen LogP contribution in [0.1, 0.15) is 31.9 Å². The van der Waals surface area contributed by atoms with E-state index in [1.54, 1.807) is 30.3 Å². The van der Waals surface area contributed by atoms with Crippen molar-refractivity contribution in [1.29, 1.82) is 5.26 Å². The molecule has 0 atom stereocenters. The first kappa shape index (κ1) is 20.9. The van der Waals surface area contributed by atoms with Gasteiger partial charge >= 0.3 is 5.97 Å². The molecule has 0 aliphatic heterocycles. The second-order valence-electron chi connectivity index (χ2n) is 6.73. The lowest BCUT2D eigenvalue weighted by molar-refractivity contribution is -0.139. The molecule has 0 amide bonds. The lowest BCUT2D eigenvalue weighted by atomic mass is 10.0. The Labute approximate surface area is 173 Å². The normalized spacial score (nSPS) is 10.6. The second kappa shape index (κ2) is 9.09. The van der Waals surface area contributed by atoms with Crippen LogP contribution in [0.25, 0.3) is 22.8 Å². The van der Waals surface area contributed by atoms with Gasteiger partial charge in [-0.1, -0.05) is 24.2 Å². The zero-order chi connectivity index (χ0) is 21.7. The van der Waals surface area contributed by atoms with Crippen molar-refractivity contribution in [2.75, 3.05) is 6.61 Å². The highest BCUT2D eigenvalue weighted by atomic mass is 16.5. The molecule has 8 heteroatoms. The van der Waals surface area contributed by atoms with Crippen molar-refractivity contribution < 1.29 is 23.9 Å². The van der Waals surface area contributed by atoms with E-state index in [4.69, 9.17) is 19.1 Å². The average Bonchev–Trinajstić information content (AvgIpc) is 3.21. The van der Waals surface area contributed by atoms with E-state index in [0.29, 0.717) is 40.4 Å². The maximum atomic E-state index is 10.8. The summed E-state index contributed by atoms with van der Waals surface area (Å²) in [5.74, 6) is 0.515. The number of carbonyl (C=O) groups is 1. The van der Waals surface area contributed by atoms with Crippen molar-refractivity contribution in [3.8, 4) is 40.4 Å². The lowest BCUT2D eigenvalue weighted by Gasteiger charge is -2.11. The highest BCUT2D eigenvalue weighted by molar-refractivity contribution is 5.70. The van der Waals surface area contributed by atoms with E-state index in [0.717, 1.165) is 5.56 Å². The fourth-order valence-corrected chi connectivity index (χ4v) is 2.97. The van der Waals surface area contributed by atoms with Crippen LogP contribution in [0.5, 0.6) is 11.5 Å². The van der Waals surface area contributed by atoms with Crippen molar-refractivity contribution >= 4 is 5.97 Å². The fourth-order valence-electron chi connectivity index (χ4n) is 2.97. The predicted octanol–water partition coefficient (Wildman–Crippen LogP) is 4.09. The smallest absolute Gasteiger partial charge is 0.341 e. The molecule has 3 aromatic rings. The van der Waals surface area contributed by atoms with Gasteiger partial charge in [0.2, 0.25) is 5.82 Å². The molecule has 0 saturated carbocycles. The Morgan fingerprint density at radius 2 is 2.07 bits per heavy atom. The molecular formula is C22H21N3O5. The molecule has 30 heavy (non-hydrogen) atoms. The van der Waals surface area contributed by atoms with Gasteiger partial charge in [-0.3, -0.25) is 0 Å². The van der Waals surface area contributed by atoms with Crippen molar-refractivity contribution in [1.82, 2.24) is 10.1 Å². The molecule has 1 heterocycles. The van der Waals surface area contributed by atoms with Crippen LogP contribution in [-0.4, -0.2) is 33.9 Å². The minimum absolute atomic E-state index is 0.0546. The predicted molar refractivity (Wildman–Crippen MR) is 108 cm³/mol. The van der Waals surface area contributed by atoms with E-state index in [9.17, 15) is 10.1 Å². The number of nitriles is 1. The topological polar surface area (TPSA) is 118 Å². The quantitative estimate of drug-likeness (QED) is 0.593. The first-order chi connectivity index (χ1) is 14.4. The van der Waals surface area contributed by atoms with Crippen molar-refractivity contribution in [3.63, 3.8) is 0 Å². The molecule has 8 nitrogen and oxygen atoms in total. The van der Waals surface area contributed by atoms with E-state index in [1.165, 1.54) is 0 Å². The molecule has 154 valence electrons. The third-order valence-electron chi connectivity index (χ3n) is 4.21. The van der Waals surface area contributed by atoms with Gasteiger partial charge in [0.05, 0.1) is 11.7 Å². The molecule has 0 radical (unpaired) electrons. The molecule has 3 rings (SSSR count). The number of aromatic nitrogens is 2. The van der Waals surface area contributed by atoms with Crippen LogP contribution < -0.4 is 9.47 Å². The molecule has 1 N–H and O–H groups in total. The summed E-state index contributed by atoms with van der Waals surface area (Å²) in [7, 11) is 0. The summed E-state index contributed by atoms with van der Waals surface area (Å²) in [5, 5.41) is 22.4. The van der Waals surface area contributed by atoms with E-state index in [-0.39, 0.29) is 12.0 Å². The average molecular weight is 407 g/mol. The van der Waals surface area contributed by atoms with E-state index in [2.05, 4.69) is 16.2 Å². The molecule has 0 bridgehead atoms. The number of ether oxygens (including phenoxy) is 2. The molecule has 0 aliphatic rings. The second-order valence-corrected chi connectivity index (χ2v) is 6.73. The first-order valence-electron chi connectivity index (χ1n) is 9.44. The maximum absolute atomic E-state index is 10.8. The number of nitrogens with zero attached hydrogens (tertiary/aromatic N) is 3. The Morgan fingerprint density at radius 1 is 1.27 bits per heavy atom. The number of benzene rings is 2. The standard InChI is InChI=1S/C22H21N3O5/c1-4-16-17(6-5-7-19(16)28-12-20(26)27)21-24-22(30-25-21)14-8-9-18(29-13(2)3)15(10-14)11-23/h5-10,13H,4,12H2,1-3H3,(H,26,27). The van der Waals surface area contributed by atoms with Gasteiger partial charge in [-0.2, -0.15) is 10.2 Å². The summed E-state index contributed by atoms with van der Waals surface area (Å²) in [4.78, 5) is 15.3. The number of carboxylic acids is 1. The number of hydrogen-bond donors (Lipinski definition) is 1. The third-order valence-corrected chi connectivity index (χ3v) is 4.21. The first-order valence-corrected chi connectivity index (χ1v) is 9.44. The zero-order valence-corrected chi connectivity index (χ0v) is 16.9. The van der Waals surface area contributed by atoms with E-state index in [1.807, 2.05) is 26.8 Å². The van der Waals surface area contributed by atoms with Gasteiger partial charge in [0.25, 0.3) is 5.89 Å². The van der Waals surface area contributed by atoms with E-state index < -0.39 is 12.6 Å². The lowest BCUT2D eigenvalue weighted by Crippen LogP contribution is -2.10. The Balaban J connectivity index is 1.94.